The molecule has 1 atom stereocenters. The maximum atomic E-state index is 12.1. The maximum Gasteiger partial charge on any atom is 0.211 e. The Morgan fingerprint density at radius 1 is 0.958 bits per heavy atom. The highest BCUT2D eigenvalue weighted by Gasteiger charge is 2.42. The molecule has 0 fully saturated rings. The van der Waals surface area contributed by atoms with Crippen LogP contribution in [0, 0.1) is 5.92 Å². The highest BCUT2D eigenvalue weighted by molar-refractivity contribution is 7.89. The topological polar surface area (TPSA) is 46.2 Å². The number of rotatable bonds is 5. The summed E-state index contributed by atoms with van der Waals surface area (Å²) in [6.07, 6.45) is 1.67. The maximum absolute atomic E-state index is 12.1. The Morgan fingerprint density at radius 2 is 1.50 bits per heavy atom. The van der Waals surface area contributed by atoms with Gasteiger partial charge in [0.15, 0.2) is 0 Å². The van der Waals surface area contributed by atoms with Crippen LogP contribution in [0.25, 0.3) is 0 Å². The lowest BCUT2D eigenvalue weighted by Gasteiger charge is -2.45. The van der Waals surface area contributed by atoms with E-state index in [9.17, 15) is 8.42 Å². The summed E-state index contributed by atoms with van der Waals surface area (Å²) in [4.78, 5) is 0. The largest absolute Gasteiger partial charge is 0.215 e. The molecule has 0 amide bonds. The second-order valence-electron chi connectivity index (χ2n) is 6.95. The van der Waals surface area contributed by atoms with Crippen molar-refractivity contribution in [2.24, 2.45) is 5.92 Å². The lowest BCUT2D eigenvalue weighted by molar-refractivity contribution is 0.355. The molecule has 0 radical (unpaired) electrons. The number of hydrogen-bond acceptors (Lipinski definition) is 2. The first-order valence-corrected chi connectivity index (χ1v) is 10.4. The van der Waals surface area contributed by atoms with E-state index in [0.29, 0.717) is 30.7 Å². The van der Waals surface area contributed by atoms with Crippen molar-refractivity contribution < 1.29 is 8.42 Å². The third kappa shape index (κ3) is 2.58. The fraction of sp³-hybridized carbons (Fsp3) is 0.400. The van der Waals surface area contributed by atoms with Crippen LogP contribution in [0.3, 0.4) is 0 Å². The van der Waals surface area contributed by atoms with Crippen molar-refractivity contribution in [3.8, 4) is 0 Å². The number of benzene rings is 2. The highest BCUT2D eigenvalue weighted by atomic mass is 32.2. The molecular weight excluding hydrogens is 318 g/mol. The lowest BCUT2D eigenvalue weighted by atomic mass is 9.59. The zero-order valence-corrected chi connectivity index (χ0v) is 14.7. The van der Waals surface area contributed by atoms with Gasteiger partial charge in [-0.25, -0.2) is 13.1 Å². The van der Waals surface area contributed by atoms with Gasteiger partial charge in [0.25, 0.3) is 0 Å². The summed E-state index contributed by atoms with van der Waals surface area (Å²) < 4.78 is 27.0. The molecule has 0 spiro atoms. The van der Waals surface area contributed by atoms with Crippen molar-refractivity contribution in [2.45, 2.75) is 31.6 Å². The van der Waals surface area contributed by atoms with Gasteiger partial charge in [-0.1, -0.05) is 55.5 Å². The Balaban J connectivity index is 1.69. The van der Waals surface area contributed by atoms with Crippen LogP contribution in [-0.2, 0) is 10.0 Å². The van der Waals surface area contributed by atoms with E-state index < -0.39 is 10.0 Å². The first kappa shape index (κ1) is 15.9. The number of sulfonamides is 1. The van der Waals surface area contributed by atoms with Gasteiger partial charge in [0, 0.05) is 18.4 Å². The van der Waals surface area contributed by atoms with Crippen LogP contribution >= 0.6 is 0 Å². The third-order valence-electron chi connectivity index (χ3n) is 5.46. The predicted molar refractivity (Wildman–Crippen MR) is 96.8 cm³/mol. The smallest absolute Gasteiger partial charge is 0.211 e. The summed E-state index contributed by atoms with van der Waals surface area (Å²) in [5.74, 6) is 1.22. The van der Waals surface area contributed by atoms with Gasteiger partial charge in [0.05, 0.1) is 5.75 Å². The minimum absolute atomic E-state index is 0.209. The minimum atomic E-state index is -3.15. The van der Waals surface area contributed by atoms with Crippen LogP contribution in [-0.4, -0.2) is 20.7 Å². The van der Waals surface area contributed by atoms with Crippen molar-refractivity contribution >= 4 is 10.0 Å². The highest BCUT2D eigenvalue weighted by Crippen LogP contribution is 2.55. The first-order chi connectivity index (χ1) is 11.6. The van der Waals surface area contributed by atoms with Crippen LogP contribution in [0.1, 0.15) is 53.9 Å². The summed E-state index contributed by atoms with van der Waals surface area (Å²) in [5, 5.41) is 0. The van der Waals surface area contributed by atoms with E-state index in [-0.39, 0.29) is 5.75 Å². The molecule has 24 heavy (non-hydrogen) atoms. The normalized spacial score (nSPS) is 24.5. The Bertz CT molecular complexity index is 812. The van der Waals surface area contributed by atoms with Crippen molar-refractivity contribution in [2.75, 3.05) is 12.3 Å². The molecule has 0 aliphatic heterocycles. The van der Waals surface area contributed by atoms with Crippen molar-refractivity contribution in [3.63, 3.8) is 0 Å². The zero-order chi connectivity index (χ0) is 16.7. The van der Waals surface area contributed by atoms with Crippen LogP contribution < -0.4 is 4.72 Å². The molecular formula is C20H23NO2S. The standard InChI is InChI=1S/C20H23NO2S/c1-2-11-24(22,23)21-13-14-12-19-15-7-3-5-9-17(15)20(14)18-10-6-4-8-16(18)19/h3-10,14,19-21H,2,11-13H2,1H3. The summed E-state index contributed by atoms with van der Waals surface area (Å²) >= 11 is 0. The van der Waals surface area contributed by atoms with Crippen LogP contribution in [0.4, 0.5) is 0 Å². The molecule has 3 aliphatic rings. The van der Waals surface area contributed by atoms with E-state index in [2.05, 4.69) is 53.3 Å². The molecule has 3 aliphatic carbocycles. The Hall–Kier alpha value is -1.65. The average molecular weight is 341 g/mol. The molecule has 0 heterocycles. The van der Waals surface area contributed by atoms with E-state index in [0.717, 1.165) is 6.42 Å². The van der Waals surface area contributed by atoms with Crippen LogP contribution in [0.2, 0.25) is 0 Å². The fourth-order valence-electron chi connectivity index (χ4n) is 4.53. The molecule has 2 aromatic rings. The van der Waals surface area contributed by atoms with Gasteiger partial charge in [-0.05, 0) is 41.0 Å². The van der Waals surface area contributed by atoms with Gasteiger partial charge in [-0.3, -0.25) is 0 Å². The monoisotopic (exact) mass is 341 g/mol. The molecule has 0 aromatic heterocycles. The van der Waals surface area contributed by atoms with E-state index in [1.54, 1.807) is 0 Å². The summed E-state index contributed by atoms with van der Waals surface area (Å²) in [6, 6.07) is 17.3. The zero-order valence-electron chi connectivity index (χ0n) is 13.9. The molecule has 0 saturated carbocycles. The predicted octanol–water partition coefficient (Wildman–Crippen LogP) is 3.61. The van der Waals surface area contributed by atoms with E-state index >= 15 is 0 Å². The molecule has 1 N–H and O–H groups in total. The van der Waals surface area contributed by atoms with Gasteiger partial charge < -0.3 is 0 Å². The Labute approximate surface area is 144 Å². The first-order valence-electron chi connectivity index (χ1n) is 8.75. The third-order valence-corrected chi connectivity index (χ3v) is 7.01. The summed E-state index contributed by atoms with van der Waals surface area (Å²) in [7, 11) is -3.15. The van der Waals surface area contributed by atoms with Gasteiger partial charge in [-0.2, -0.15) is 0 Å². The van der Waals surface area contributed by atoms with Gasteiger partial charge >= 0.3 is 0 Å². The van der Waals surface area contributed by atoms with Crippen LogP contribution in [0.5, 0.6) is 0 Å². The van der Waals surface area contributed by atoms with E-state index in [1.165, 1.54) is 22.3 Å². The minimum Gasteiger partial charge on any atom is -0.215 e. The van der Waals surface area contributed by atoms with Crippen molar-refractivity contribution in [1.29, 1.82) is 0 Å². The summed E-state index contributed by atoms with van der Waals surface area (Å²) in [6.45, 7) is 2.43. The van der Waals surface area contributed by atoms with Crippen molar-refractivity contribution in [1.82, 2.24) is 4.72 Å². The number of fused-ring (bicyclic) bond motifs is 1. The molecule has 2 bridgehead atoms. The molecule has 5 rings (SSSR count). The molecule has 3 nitrogen and oxygen atoms in total. The molecule has 0 saturated heterocycles. The van der Waals surface area contributed by atoms with Crippen molar-refractivity contribution in [3.05, 3.63) is 70.8 Å². The van der Waals surface area contributed by atoms with Gasteiger partial charge in [0.2, 0.25) is 10.0 Å². The quantitative estimate of drug-likeness (QED) is 0.903. The summed E-state index contributed by atoms with van der Waals surface area (Å²) in [5.41, 5.74) is 5.61. The SMILES string of the molecule is CCCS(=O)(=O)NCC1CC2c3ccccc3C1c1ccccc12. The molecule has 2 aromatic carbocycles. The van der Waals surface area contributed by atoms with Crippen LogP contribution in [0.15, 0.2) is 48.5 Å². The second-order valence-corrected chi connectivity index (χ2v) is 8.88. The Kier molecular flexibility index (Phi) is 3.97. The number of hydrogen-bond donors (Lipinski definition) is 1. The Morgan fingerprint density at radius 3 is 2.04 bits per heavy atom. The fourth-order valence-corrected chi connectivity index (χ4v) is 5.68. The number of nitrogens with one attached hydrogen (secondary N) is 1. The van der Waals surface area contributed by atoms with Gasteiger partial charge in [-0.15, -0.1) is 0 Å². The average Bonchev–Trinajstić information content (AvgIpc) is 2.60. The second kappa shape index (κ2) is 6.01. The van der Waals surface area contributed by atoms with E-state index in [1.807, 2.05) is 6.92 Å². The molecule has 126 valence electrons. The van der Waals surface area contributed by atoms with E-state index in [4.69, 9.17) is 0 Å². The molecule has 4 heteroatoms. The lowest BCUT2D eigenvalue weighted by Crippen LogP contribution is -2.39. The molecule has 1 unspecified atom stereocenters. The van der Waals surface area contributed by atoms with Gasteiger partial charge in [0.1, 0.15) is 0 Å².